The summed E-state index contributed by atoms with van der Waals surface area (Å²) in [6.07, 6.45) is 2.66. The van der Waals surface area contributed by atoms with E-state index < -0.39 is 23.4 Å². The predicted octanol–water partition coefficient (Wildman–Crippen LogP) is 6.94. The van der Waals surface area contributed by atoms with Crippen LogP contribution in [0.1, 0.15) is 77.6 Å². The molecule has 3 saturated carbocycles. The molecule has 0 aromatic rings. The Balaban J connectivity index is 1.53. The first-order chi connectivity index (χ1) is 16.2. The molecule has 0 spiro atoms. The standard InChI is InChI=1S/C27H32F6O2/c1-23-12-3-6-19(9-8-18-5-2-7-20(34)17-18)21(23)10-11-22(23)24(15-16-24)13-4-14-25(35,26(28,29)30)27(31,32)33/h8-9,11,20-21,34-35H,2-3,5-7,10,12-13,15-17H2,1H3/b18-8-,19-9+. The number of hydrogen-bond acceptors (Lipinski definition) is 2. The van der Waals surface area contributed by atoms with Gasteiger partial charge in [-0.15, -0.1) is 0 Å². The highest BCUT2D eigenvalue weighted by Gasteiger charge is 2.70. The van der Waals surface area contributed by atoms with Crippen molar-refractivity contribution in [1.82, 2.24) is 0 Å². The zero-order valence-corrected chi connectivity index (χ0v) is 19.8. The van der Waals surface area contributed by atoms with Gasteiger partial charge in [0, 0.05) is 11.8 Å². The van der Waals surface area contributed by atoms with Gasteiger partial charge in [0.1, 0.15) is 0 Å². The van der Waals surface area contributed by atoms with Crippen LogP contribution < -0.4 is 0 Å². The van der Waals surface area contributed by atoms with Gasteiger partial charge < -0.3 is 10.2 Å². The van der Waals surface area contributed by atoms with Crippen LogP contribution in [0.15, 0.2) is 34.9 Å². The maximum absolute atomic E-state index is 13.0. The van der Waals surface area contributed by atoms with E-state index in [1.54, 1.807) is 0 Å². The van der Waals surface area contributed by atoms with E-state index in [4.69, 9.17) is 0 Å². The summed E-state index contributed by atoms with van der Waals surface area (Å²) < 4.78 is 77.9. The minimum Gasteiger partial charge on any atom is -0.393 e. The van der Waals surface area contributed by atoms with Crippen molar-refractivity contribution in [2.24, 2.45) is 16.7 Å². The average Bonchev–Trinajstić information content (AvgIpc) is 3.43. The molecule has 0 aromatic carbocycles. The number of allylic oxidation sites excluding steroid dienone is 5. The molecule has 4 aliphatic rings. The van der Waals surface area contributed by atoms with Crippen LogP contribution in [-0.4, -0.2) is 34.3 Å². The Labute approximate surface area is 202 Å². The van der Waals surface area contributed by atoms with E-state index in [9.17, 15) is 36.6 Å². The summed E-state index contributed by atoms with van der Waals surface area (Å²) >= 11 is 0. The molecule has 4 aliphatic carbocycles. The predicted molar refractivity (Wildman–Crippen MR) is 120 cm³/mol. The number of aliphatic hydroxyl groups is 2. The van der Waals surface area contributed by atoms with Crippen LogP contribution in [-0.2, 0) is 0 Å². The van der Waals surface area contributed by atoms with Gasteiger partial charge in [0.2, 0.25) is 0 Å². The Hall–Kier alpha value is -1.72. The molecule has 0 aromatic heterocycles. The molecular weight excluding hydrogens is 470 g/mol. The van der Waals surface area contributed by atoms with Gasteiger partial charge in [-0.2, -0.15) is 26.3 Å². The zero-order valence-electron chi connectivity index (χ0n) is 19.8. The highest BCUT2D eigenvalue weighted by molar-refractivity contribution is 5.41. The normalized spacial score (nSPS) is 33.2. The van der Waals surface area contributed by atoms with Crippen molar-refractivity contribution >= 4 is 0 Å². The van der Waals surface area contributed by atoms with Gasteiger partial charge >= 0.3 is 18.0 Å². The summed E-state index contributed by atoms with van der Waals surface area (Å²) in [5.74, 6) is 3.48. The topological polar surface area (TPSA) is 40.5 Å². The molecule has 0 amide bonds. The van der Waals surface area contributed by atoms with E-state index in [-0.39, 0.29) is 23.9 Å². The van der Waals surface area contributed by atoms with Crippen LogP contribution in [0.25, 0.3) is 0 Å². The third kappa shape index (κ3) is 4.83. The minimum absolute atomic E-state index is 0.128. The van der Waals surface area contributed by atoms with E-state index in [0.29, 0.717) is 19.3 Å². The maximum atomic E-state index is 13.0. The van der Waals surface area contributed by atoms with Crippen LogP contribution in [0, 0.1) is 28.6 Å². The van der Waals surface area contributed by atoms with Crippen molar-refractivity contribution in [3.8, 4) is 11.8 Å². The lowest BCUT2D eigenvalue weighted by atomic mass is 9.61. The Bertz CT molecular complexity index is 972. The summed E-state index contributed by atoms with van der Waals surface area (Å²) in [6.45, 7) is 2.16. The summed E-state index contributed by atoms with van der Waals surface area (Å²) in [5, 5.41) is 19.3. The molecule has 2 N–H and O–H groups in total. The fourth-order valence-electron chi connectivity index (χ4n) is 6.43. The van der Waals surface area contributed by atoms with E-state index in [1.807, 2.05) is 0 Å². The highest BCUT2D eigenvalue weighted by atomic mass is 19.4. The fourth-order valence-corrected chi connectivity index (χ4v) is 6.43. The van der Waals surface area contributed by atoms with Gasteiger partial charge in [-0.1, -0.05) is 47.8 Å². The first-order valence-corrected chi connectivity index (χ1v) is 12.4. The van der Waals surface area contributed by atoms with Gasteiger partial charge in [0.15, 0.2) is 0 Å². The molecular formula is C27H32F6O2. The van der Waals surface area contributed by atoms with E-state index in [1.165, 1.54) is 11.1 Å². The monoisotopic (exact) mass is 502 g/mol. The Morgan fingerprint density at radius 3 is 2.31 bits per heavy atom. The number of hydrogen-bond donors (Lipinski definition) is 2. The van der Waals surface area contributed by atoms with Crippen molar-refractivity contribution in [3.63, 3.8) is 0 Å². The Morgan fingerprint density at radius 2 is 1.71 bits per heavy atom. The Kier molecular flexibility index (Phi) is 6.77. The molecule has 0 aliphatic heterocycles. The zero-order chi connectivity index (χ0) is 25.7. The molecule has 0 radical (unpaired) electrons. The summed E-state index contributed by atoms with van der Waals surface area (Å²) in [5.41, 5.74) is -2.06. The van der Waals surface area contributed by atoms with Crippen LogP contribution >= 0.6 is 0 Å². The number of halogens is 6. The quantitative estimate of drug-likeness (QED) is 0.249. The number of aliphatic hydroxyl groups excluding tert-OH is 1. The number of alkyl halides is 6. The van der Waals surface area contributed by atoms with Crippen molar-refractivity contribution < 1.29 is 36.6 Å². The van der Waals surface area contributed by atoms with Gasteiger partial charge in [0.05, 0.1) is 6.10 Å². The second-order valence-electron chi connectivity index (χ2n) is 11.0. The van der Waals surface area contributed by atoms with E-state index >= 15 is 0 Å². The largest absolute Gasteiger partial charge is 0.438 e. The van der Waals surface area contributed by atoms with Crippen molar-refractivity contribution in [2.75, 3.05) is 0 Å². The smallest absolute Gasteiger partial charge is 0.393 e. The van der Waals surface area contributed by atoms with Crippen LogP contribution in [0.4, 0.5) is 26.3 Å². The van der Waals surface area contributed by atoms with Crippen LogP contribution in [0.5, 0.6) is 0 Å². The third-order valence-corrected chi connectivity index (χ3v) is 8.56. The third-order valence-electron chi connectivity index (χ3n) is 8.56. The van der Waals surface area contributed by atoms with Gasteiger partial charge in [-0.3, -0.25) is 0 Å². The maximum Gasteiger partial charge on any atom is 0.438 e. The van der Waals surface area contributed by atoms with Crippen LogP contribution in [0.2, 0.25) is 0 Å². The first kappa shape index (κ1) is 26.3. The average molecular weight is 503 g/mol. The lowest BCUT2D eigenvalue weighted by Gasteiger charge is -2.43. The SMILES string of the molecule is CC12CCC/C(=C\C=C3\CCCC(O)C3)C1CC=C2C1(CC#CC(O)(C(F)(F)F)C(F)(F)F)CC1. The lowest BCUT2D eigenvalue weighted by molar-refractivity contribution is -0.343. The number of fused-ring (bicyclic) bond motifs is 1. The minimum atomic E-state index is -5.93. The van der Waals surface area contributed by atoms with E-state index in [2.05, 4.69) is 31.1 Å². The molecule has 3 fully saturated rings. The lowest BCUT2D eigenvalue weighted by Crippen LogP contribution is -2.55. The first-order valence-electron chi connectivity index (χ1n) is 12.4. The van der Waals surface area contributed by atoms with Crippen molar-refractivity contribution in [1.29, 1.82) is 0 Å². The molecule has 2 nitrogen and oxygen atoms in total. The molecule has 4 rings (SSSR count). The molecule has 3 unspecified atom stereocenters. The second kappa shape index (κ2) is 8.99. The van der Waals surface area contributed by atoms with Gasteiger partial charge in [-0.25, -0.2) is 0 Å². The molecule has 35 heavy (non-hydrogen) atoms. The molecule has 0 saturated heterocycles. The summed E-state index contributed by atoms with van der Waals surface area (Å²) in [6, 6.07) is 0. The summed E-state index contributed by atoms with van der Waals surface area (Å²) in [4.78, 5) is 0. The van der Waals surface area contributed by atoms with Crippen LogP contribution in [0.3, 0.4) is 0 Å². The fraction of sp³-hybridized carbons (Fsp3) is 0.704. The number of rotatable bonds is 3. The highest BCUT2D eigenvalue weighted by Crippen LogP contribution is 2.67. The second-order valence-corrected chi connectivity index (χ2v) is 11.0. The van der Waals surface area contributed by atoms with Gasteiger partial charge in [-0.05, 0) is 81.5 Å². The van der Waals surface area contributed by atoms with Gasteiger partial charge in [0.25, 0.3) is 0 Å². The Morgan fingerprint density at radius 1 is 1.03 bits per heavy atom. The van der Waals surface area contributed by atoms with Crippen molar-refractivity contribution in [3.05, 3.63) is 34.9 Å². The van der Waals surface area contributed by atoms with E-state index in [0.717, 1.165) is 56.4 Å². The van der Waals surface area contributed by atoms with Crippen molar-refractivity contribution in [2.45, 2.75) is 102 Å². The molecule has 8 heteroatoms. The molecule has 0 bridgehead atoms. The molecule has 194 valence electrons. The molecule has 3 atom stereocenters. The summed E-state index contributed by atoms with van der Waals surface area (Å²) in [7, 11) is 0. The molecule has 0 heterocycles.